The standard InChI is InChI=1S/C21H36F2O/c1-3-24-19-13-12-18(20(22)21(19)23)17-10-8-16(9-11-17)15-6-4-14(2)5-7-15/h14-21H,3-13H2,1-2H3. The van der Waals surface area contributed by atoms with Gasteiger partial charge in [-0.3, -0.25) is 0 Å². The molecule has 0 spiro atoms. The Kier molecular flexibility index (Phi) is 6.56. The third-order valence-electron chi connectivity index (χ3n) is 7.38. The predicted molar refractivity (Wildman–Crippen MR) is 94.5 cm³/mol. The Morgan fingerprint density at radius 3 is 1.83 bits per heavy atom. The van der Waals surface area contributed by atoms with Crippen LogP contribution in [0.4, 0.5) is 8.78 Å². The fourth-order valence-electron chi connectivity index (χ4n) is 5.80. The molecule has 24 heavy (non-hydrogen) atoms. The number of alkyl halides is 2. The Balaban J connectivity index is 1.48. The molecule has 0 radical (unpaired) electrons. The van der Waals surface area contributed by atoms with Gasteiger partial charge in [-0.1, -0.05) is 19.8 Å². The summed E-state index contributed by atoms with van der Waals surface area (Å²) in [5, 5.41) is 0. The average molecular weight is 343 g/mol. The molecule has 3 saturated carbocycles. The molecule has 0 N–H and O–H groups in total. The fourth-order valence-corrected chi connectivity index (χ4v) is 5.80. The molecule has 0 aromatic rings. The average Bonchev–Trinajstić information content (AvgIpc) is 2.60. The topological polar surface area (TPSA) is 9.23 Å². The largest absolute Gasteiger partial charge is 0.375 e. The van der Waals surface area contributed by atoms with E-state index in [1.165, 1.54) is 38.5 Å². The van der Waals surface area contributed by atoms with Gasteiger partial charge in [-0.15, -0.1) is 0 Å². The molecule has 1 nitrogen and oxygen atoms in total. The molecule has 3 fully saturated rings. The summed E-state index contributed by atoms with van der Waals surface area (Å²) in [6.45, 7) is 4.72. The van der Waals surface area contributed by atoms with Crippen LogP contribution in [0.1, 0.15) is 78.1 Å². The van der Waals surface area contributed by atoms with Crippen LogP contribution in [0.5, 0.6) is 0 Å². The van der Waals surface area contributed by atoms with E-state index >= 15 is 0 Å². The van der Waals surface area contributed by atoms with Crippen molar-refractivity contribution >= 4 is 0 Å². The highest BCUT2D eigenvalue weighted by atomic mass is 19.2. The van der Waals surface area contributed by atoms with Crippen molar-refractivity contribution in [2.24, 2.45) is 29.6 Å². The van der Waals surface area contributed by atoms with Crippen molar-refractivity contribution in [1.29, 1.82) is 0 Å². The fraction of sp³-hybridized carbons (Fsp3) is 1.00. The van der Waals surface area contributed by atoms with Crippen LogP contribution < -0.4 is 0 Å². The Hall–Kier alpha value is -0.180. The van der Waals surface area contributed by atoms with E-state index < -0.39 is 18.4 Å². The number of hydrogen-bond acceptors (Lipinski definition) is 1. The van der Waals surface area contributed by atoms with E-state index in [2.05, 4.69) is 6.92 Å². The highest BCUT2D eigenvalue weighted by Gasteiger charge is 2.44. The van der Waals surface area contributed by atoms with Crippen LogP contribution in [0.25, 0.3) is 0 Å². The van der Waals surface area contributed by atoms with Gasteiger partial charge in [0.05, 0.1) is 6.10 Å². The Bertz CT molecular complexity index is 372. The zero-order valence-electron chi connectivity index (χ0n) is 15.6. The molecule has 140 valence electrons. The summed E-state index contributed by atoms with van der Waals surface area (Å²) in [5.41, 5.74) is 0. The molecule has 0 aromatic carbocycles. The van der Waals surface area contributed by atoms with Crippen LogP contribution in [0.15, 0.2) is 0 Å². The van der Waals surface area contributed by atoms with Crippen molar-refractivity contribution in [3.05, 3.63) is 0 Å². The minimum atomic E-state index is -1.42. The van der Waals surface area contributed by atoms with Gasteiger partial charge in [0.2, 0.25) is 0 Å². The summed E-state index contributed by atoms with van der Waals surface area (Å²) < 4.78 is 34.4. The maximum absolute atomic E-state index is 14.6. The molecule has 0 heterocycles. The maximum Gasteiger partial charge on any atom is 0.157 e. The first-order chi connectivity index (χ1) is 11.6. The summed E-state index contributed by atoms with van der Waals surface area (Å²) >= 11 is 0. The van der Waals surface area contributed by atoms with E-state index in [0.29, 0.717) is 18.9 Å². The lowest BCUT2D eigenvalue weighted by molar-refractivity contribution is -0.0851. The van der Waals surface area contributed by atoms with Gasteiger partial charge < -0.3 is 4.74 Å². The zero-order valence-corrected chi connectivity index (χ0v) is 15.6. The van der Waals surface area contributed by atoms with Crippen LogP contribution in [0.2, 0.25) is 0 Å². The van der Waals surface area contributed by atoms with Crippen LogP contribution in [-0.2, 0) is 4.74 Å². The summed E-state index contributed by atoms with van der Waals surface area (Å²) in [7, 11) is 0. The number of ether oxygens (including phenoxy) is 1. The van der Waals surface area contributed by atoms with E-state index in [1.54, 1.807) is 0 Å². The molecule has 0 saturated heterocycles. The molecule has 0 amide bonds. The lowest BCUT2D eigenvalue weighted by Crippen LogP contribution is -2.46. The molecule has 0 bridgehead atoms. The van der Waals surface area contributed by atoms with Crippen LogP contribution in [-0.4, -0.2) is 25.1 Å². The molecule has 0 aromatic heterocycles. The minimum Gasteiger partial charge on any atom is -0.375 e. The van der Waals surface area contributed by atoms with Gasteiger partial charge in [-0.25, -0.2) is 8.78 Å². The minimum absolute atomic E-state index is 0.0657. The second kappa shape index (κ2) is 8.47. The first-order valence-corrected chi connectivity index (χ1v) is 10.5. The zero-order chi connectivity index (χ0) is 17.1. The van der Waals surface area contributed by atoms with Gasteiger partial charge >= 0.3 is 0 Å². The number of halogens is 2. The molecule has 3 rings (SSSR count). The molecular formula is C21H36F2O. The van der Waals surface area contributed by atoms with Gasteiger partial charge in [-0.05, 0) is 87.9 Å². The second-order valence-corrected chi connectivity index (χ2v) is 8.82. The smallest absolute Gasteiger partial charge is 0.157 e. The normalized spacial score (nSPS) is 47.5. The molecule has 4 atom stereocenters. The third kappa shape index (κ3) is 4.14. The summed E-state index contributed by atoms with van der Waals surface area (Å²) in [6, 6.07) is 0. The highest BCUT2D eigenvalue weighted by Crippen LogP contribution is 2.46. The van der Waals surface area contributed by atoms with E-state index in [-0.39, 0.29) is 5.92 Å². The number of hydrogen-bond donors (Lipinski definition) is 0. The highest BCUT2D eigenvalue weighted by molar-refractivity contribution is 4.93. The lowest BCUT2D eigenvalue weighted by Gasteiger charge is -2.43. The van der Waals surface area contributed by atoms with Gasteiger partial charge in [0, 0.05) is 6.61 Å². The lowest BCUT2D eigenvalue weighted by atomic mass is 9.65. The first kappa shape index (κ1) is 18.6. The Morgan fingerprint density at radius 1 is 0.708 bits per heavy atom. The molecular weight excluding hydrogens is 306 g/mol. The van der Waals surface area contributed by atoms with Crippen molar-refractivity contribution in [1.82, 2.24) is 0 Å². The van der Waals surface area contributed by atoms with Crippen molar-refractivity contribution in [3.8, 4) is 0 Å². The predicted octanol–water partition coefficient (Wildman–Crippen LogP) is 6.11. The van der Waals surface area contributed by atoms with Gasteiger partial charge in [0.1, 0.15) is 6.17 Å². The second-order valence-electron chi connectivity index (χ2n) is 8.82. The van der Waals surface area contributed by atoms with E-state index in [4.69, 9.17) is 4.74 Å². The van der Waals surface area contributed by atoms with Crippen molar-refractivity contribution in [2.45, 2.75) is 96.5 Å². The third-order valence-corrected chi connectivity index (χ3v) is 7.38. The Morgan fingerprint density at radius 2 is 1.25 bits per heavy atom. The van der Waals surface area contributed by atoms with E-state index in [1.807, 2.05) is 6.92 Å². The van der Waals surface area contributed by atoms with Gasteiger partial charge in [0.15, 0.2) is 6.17 Å². The molecule has 3 heteroatoms. The van der Waals surface area contributed by atoms with E-state index in [0.717, 1.165) is 37.0 Å². The van der Waals surface area contributed by atoms with Crippen molar-refractivity contribution in [3.63, 3.8) is 0 Å². The summed E-state index contributed by atoms with van der Waals surface area (Å²) in [4.78, 5) is 0. The summed E-state index contributed by atoms with van der Waals surface area (Å²) in [6.07, 6.45) is 8.57. The quantitative estimate of drug-likeness (QED) is 0.599. The van der Waals surface area contributed by atoms with Crippen LogP contribution in [0.3, 0.4) is 0 Å². The molecule has 4 unspecified atom stereocenters. The Labute approximate surface area is 146 Å². The van der Waals surface area contributed by atoms with Gasteiger partial charge in [0.25, 0.3) is 0 Å². The van der Waals surface area contributed by atoms with Crippen LogP contribution >= 0.6 is 0 Å². The van der Waals surface area contributed by atoms with E-state index in [9.17, 15) is 8.78 Å². The van der Waals surface area contributed by atoms with Crippen LogP contribution in [0, 0.1) is 29.6 Å². The first-order valence-electron chi connectivity index (χ1n) is 10.5. The maximum atomic E-state index is 14.6. The SMILES string of the molecule is CCOC1CCC(C2CCC(C3CCC(C)CC3)CC2)C(F)C1F. The molecule has 0 aliphatic heterocycles. The molecule has 3 aliphatic carbocycles. The van der Waals surface area contributed by atoms with Crippen molar-refractivity contribution < 1.29 is 13.5 Å². The van der Waals surface area contributed by atoms with Gasteiger partial charge in [-0.2, -0.15) is 0 Å². The summed E-state index contributed by atoms with van der Waals surface area (Å²) in [5.74, 6) is 3.01. The monoisotopic (exact) mass is 342 g/mol. The molecule has 3 aliphatic rings. The number of rotatable bonds is 4. The van der Waals surface area contributed by atoms with Crippen molar-refractivity contribution in [2.75, 3.05) is 6.61 Å².